The lowest BCUT2D eigenvalue weighted by atomic mass is 10.2. The Kier molecular flexibility index (Phi) is 6.07. The molecule has 0 aliphatic carbocycles. The summed E-state index contributed by atoms with van der Waals surface area (Å²) in [5.74, 6) is 0.874. The summed E-state index contributed by atoms with van der Waals surface area (Å²) in [6, 6.07) is 13.2. The highest BCUT2D eigenvalue weighted by Crippen LogP contribution is 2.29. The van der Waals surface area contributed by atoms with Gasteiger partial charge in [-0.05, 0) is 61.9 Å². The van der Waals surface area contributed by atoms with Gasteiger partial charge in [-0.15, -0.1) is 0 Å². The molecule has 2 aromatic carbocycles. The number of hydrogen-bond acceptors (Lipinski definition) is 3. The number of carbonyl (C=O) groups is 1. The maximum absolute atomic E-state index is 13.2. The third-order valence-corrected chi connectivity index (χ3v) is 4.72. The molecule has 0 saturated heterocycles. The third-order valence-electron chi connectivity index (χ3n) is 4.72. The Morgan fingerprint density at radius 2 is 1.76 bits per heavy atom. The second-order valence-corrected chi connectivity index (χ2v) is 6.58. The van der Waals surface area contributed by atoms with E-state index in [-0.39, 0.29) is 11.8 Å². The lowest BCUT2D eigenvalue weighted by Gasteiger charge is -2.13. The number of carbonyl (C=O) groups excluding carboxylic acids is 1. The van der Waals surface area contributed by atoms with Gasteiger partial charge in [0.2, 0.25) is 0 Å². The molecule has 0 radical (unpaired) electrons. The molecule has 0 fully saturated rings. The van der Waals surface area contributed by atoms with E-state index < -0.39 is 0 Å². The van der Waals surface area contributed by atoms with Gasteiger partial charge >= 0.3 is 6.03 Å². The molecule has 0 aliphatic rings. The van der Waals surface area contributed by atoms with Crippen molar-refractivity contribution in [2.45, 2.75) is 20.4 Å². The summed E-state index contributed by atoms with van der Waals surface area (Å²) in [7, 11) is 3.10. The highest BCUT2D eigenvalue weighted by atomic mass is 19.1. The smallest absolute Gasteiger partial charge is 0.319 e. The van der Waals surface area contributed by atoms with Crippen LogP contribution < -0.4 is 20.1 Å². The van der Waals surface area contributed by atoms with Crippen molar-refractivity contribution in [3.05, 3.63) is 71.3 Å². The quantitative estimate of drug-likeness (QED) is 0.640. The topological polar surface area (TPSA) is 64.5 Å². The van der Waals surface area contributed by atoms with Crippen LogP contribution in [0.15, 0.2) is 48.5 Å². The SMILES string of the molecule is COc1ccc(NC(=O)NCc2cc(C)n(-c3ccc(F)cc3)c2C)c(OC)c1. The highest BCUT2D eigenvalue weighted by molar-refractivity contribution is 5.91. The predicted octanol–water partition coefficient (Wildman–Crippen LogP) is 4.57. The number of aryl methyl sites for hydroxylation is 1. The molecule has 0 saturated carbocycles. The Labute approximate surface area is 169 Å². The molecule has 6 nitrogen and oxygen atoms in total. The number of benzene rings is 2. The van der Waals surface area contributed by atoms with E-state index in [0.29, 0.717) is 23.7 Å². The van der Waals surface area contributed by atoms with Crippen LogP contribution in [-0.4, -0.2) is 24.8 Å². The monoisotopic (exact) mass is 397 g/mol. The Hall–Kier alpha value is -3.48. The fourth-order valence-electron chi connectivity index (χ4n) is 3.24. The second-order valence-electron chi connectivity index (χ2n) is 6.58. The average molecular weight is 397 g/mol. The molecule has 3 rings (SSSR count). The molecular weight excluding hydrogens is 373 g/mol. The number of ether oxygens (including phenoxy) is 2. The van der Waals surface area contributed by atoms with E-state index in [2.05, 4.69) is 10.6 Å². The molecule has 152 valence electrons. The van der Waals surface area contributed by atoms with E-state index in [1.54, 1.807) is 37.4 Å². The number of amides is 2. The molecule has 2 amide bonds. The van der Waals surface area contributed by atoms with Crippen molar-refractivity contribution in [1.29, 1.82) is 0 Å². The first kappa shape index (κ1) is 20.3. The number of nitrogens with one attached hydrogen (secondary N) is 2. The van der Waals surface area contributed by atoms with Gasteiger partial charge in [0.15, 0.2) is 0 Å². The van der Waals surface area contributed by atoms with Gasteiger partial charge in [-0.3, -0.25) is 0 Å². The largest absolute Gasteiger partial charge is 0.497 e. The zero-order valence-electron chi connectivity index (χ0n) is 16.9. The van der Waals surface area contributed by atoms with E-state index in [1.165, 1.54) is 19.2 Å². The molecule has 7 heteroatoms. The van der Waals surface area contributed by atoms with Crippen molar-refractivity contribution >= 4 is 11.7 Å². The fraction of sp³-hybridized carbons (Fsp3) is 0.227. The van der Waals surface area contributed by atoms with Crippen molar-refractivity contribution in [3.8, 4) is 17.2 Å². The maximum Gasteiger partial charge on any atom is 0.319 e. The van der Waals surface area contributed by atoms with Gasteiger partial charge in [0, 0.05) is 29.7 Å². The van der Waals surface area contributed by atoms with Crippen molar-refractivity contribution in [2.24, 2.45) is 0 Å². The zero-order valence-corrected chi connectivity index (χ0v) is 16.9. The lowest BCUT2D eigenvalue weighted by molar-refractivity contribution is 0.251. The van der Waals surface area contributed by atoms with Crippen molar-refractivity contribution in [1.82, 2.24) is 9.88 Å². The predicted molar refractivity (Wildman–Crippen MR) is 111 cm³/mol. The first-order chi connectivity index (χ1) is 13.9. The van der Waals surface area contributed by atoms with E-state index >= 15 is 0 Å². The fourth-order valence-corrected chi connectivity index (χ4v) is 3.24. The van der Waals surface area contributed by atoms with Crippen LogP contribution >= 0.6 is 0 Å². The maximum atomic E-state index is 13.2. The summed E-state index contributed by atoms with van der Waals surface area (Å²) in [4.78, 5) is 12.4. The minimum Gasteiger partial charge on any atom is -0.497 e. The minimum atomic E-state index is -0.347. The molecule has 0 atom stereocenters. The van der Waals surface area contributed by atoms with E-state index in [0.717, 1.165) is 22.6 Å². The number of aromatic nitrogens is 1. The third kappa shape index (κ3) is 4.51. The van der Waals surface area contributed by atoms with Crippen LogP contribution in [0.1, 0.15) is 17.0 Å². The van der Waals surface area contributed by atoms with Gasteiger partial charge in [-0.1, -0.05) is 0 Å². The van der Waals surface area contributed by atoms with E-state index in [4.69, 9.17) is 9.47 Å². The molecule has 1 heterocycles. The number of halogens is 1. The molecule has 2 N–H and O–H groups in total. The molecule has 0 aliphatic heterocycles. The van der Waals surface area contributed by atoms with Gasteiger partial charge in [0.05, 0.1) is 19.9 Å². The second kappa shape index (κ2) is 8.68. The number of methoxy groups -OCH3 is 2. The van der Waals surface area contributed by atoms with Crippen LogP contribution in [0.2, 0.25) is 0 Å². The van der Waals surface area contributed by atoms with Gasteiger partial charge < -0.3 is 24.7 Å². The average Bonchev–Trinajstić information content (AvgIpc) is 3.00. The Balaban J connectivity index is 1.70. The number of rotatable bonds is 6. The minimum absolute atomic E-state index is 0.274. The summed E-state index contributed by atoms with van der Waals surface area (Å²) >= 11 is 0. The van der Waals surface area contributed by atoms with Crippen LogP contribution in [0.25, 0.3) is 5.69 Å². The Bertz CT molecular complexity index is 1010. The van der Waals surface area contributed by atoms with Crippen molar-refractivity contribution in [2.75, 3.05) is 19.5 Å². The van der Waals surface area contributed by atoms with Crippen LogP contribution in [0.4, 0.5) is 14.9 Å². The van der Waals surface area contributed by atoms with Crippen molar-refractivity contribution in [3.63, 3.8) is 0 Å². The Morgan fingerprint density at radius 3 is 2.41 bits per heavy atom. The highest BCUT2D eigenvalue weighted by Gasteiger charge is 2.13. The summed E-state index contributed by atoms with van der Waals surface area (Å²) in [6.45, 7) is 4.30. The van der Waals surface area contributed by atoms with E-state index in [9.17, 15) is 9.18 Å². The van der Waals surface area contributed by atoms with Crippen LogP contribution in [0, 0.1) is 19.7 Å². The first-order valence-electron chi connectivity index (χ1n) is 9.13. The van der Waals surface area contributed by atoms with E-state index in [1.807, 2.05) is 24.5 Å². The number of nitrogens with zero attached hydrogens (tertiary/aromatic N) is 1. The normalized spacial score (nSPS) is 10.5. The van der Waals surface area contributed by atoms with Crippen LogP contribution in [-0.2, 0) is 6.54 Å². The first-order valence-corrected chi connectivity index (χ1v) is 9.13. The molecule has 29 heavy (non-hydrogen) atoms. The molecule has 1 aromatic heterocycles. The van der Waals surface area contributed by atoms with Crippen LogP contribution in [0.3, 0.4) is 0 Å². The van der Waals surface area contributed by atoms with Gasteiger partial charge in [0.25, 0.3) is 0 Å². The standard InChI is InChI=1S/C22H24FN3O3/c1-14-11-16(15(2)26(14)18-7-5-17(23)6-8-18)13-24-22(27)25-20-10-9-19(28-3)12-21(20)29-4/h5-12H,13H2,1-4H3,(H2,24,25,27). The van der Waals surface area contributed by atoms with Crippen LogP contribution in [0.5, 0.6) is 11.5 Å². The molecule has 0 unspecified atom stereocenters. The van der Waals surface area contributed by atoms with Gasteiger partial charge in [-0.25, -0.2) is 9.18 Å². The molecule has 0 spiro atoms. The lowest BCUT2D eigenvalue weighted by Crippen LogP contribution is -2.28. The van der Waals surface area contributed by atoms with Crippen molar-refractivity contribution < 1.29 is 18.7 Å². The summed E-state index contributed by atoms with van der Waals surface area (Å²) < 4.78 is 25.7. The number of urea groups is 1. The van der Waals surface area contributed by atoms with Gasteiger partial charge in [-0.2, -0.15) is 0 Å². The Morgan fingerprint density at radius 1 is 1.03 bits per heavy atom. The van der Waals surface area contributed by atoms with Gasteiger partial charge in [0.1, 0.15) is 17.3 Å². The molecule has 0 bridgehead atoms. The number of anilines is 1. The summed E-state index contributed by atoms with van der Waals surface area (Å²) in [5.41, 5.74) is 4.38. The molecular formula is C22H24FN3O3. The molecule has 3 aromatic rings. The number of hydrogen-bond donors (Lipinski definition) is 2. The summed E-state index contributed by atoms with van der Waals surface area (Å²) in [5, 5.41) is 5.64. The summed E-state index contributed by atoms with van der Waals surface area (Å²) in [6.07, 6.45) is 0. The zero-order chi connectivity index (χ0) is 21.0.